The molecule has 0 aliphatic rings. The number of carbonyl (C=O) groups is 4. The molecule has 0 saturated carbocycles. The van der Waals surface area contributed by atoms with Crippen LogP contribution in [0.1, 0.15) is 42.6 Å². The van der Waals surface area contributed by atoms with Gasteiger partial charge in [-0.15, -0.1) is 0 Å². The van der Waals surface area contributed by atoms with Gasteiger partial charge in [-0.05, 0) is 55.5 Å². The Hall–Kier alpha value is -5.20. The number of guanidine groups is 1. The molecule has 43 heavy (non-hydrogen) atoms. The number of nitrogens with two attached hydrogens (primary N) is 2. The normalized spacial score (nSPS) is 12.2. The van der Waals surface area contributed by atoms with E-state index in [4.69, 9.17) is 15.9 Å². The molecule has 13 heteroatoms. The maximum absolute atomic E-state index is 13.2. The van der Waals surface area contributed by atoms with Crippen molar-refractivity contribution >= 4 is 46.2 Å². The van der Waals surface area contributed by atoms with Gasteiger partial charge in [0.15, 0.2) is 5.96 Å². The Morgan fingerprint density at radius 3 is 2.35 bits per heavy atom. The molecule has 228 valence electrons. The fourth-order valence-corrected chi connectivity index (χ4v) is 4.28. The average Bonchev–Trinajstić information content (AvgIpc) is 2.95. The molecule has 0 saturated heterocycles. The number of anilines is 1. The number of aryl methyl sites for hydroxylation is 1. The Morgan fingerprint density at radius 1 is 0.953 bits per heavy atom. The van der Waals surface area contributed by atoms with E-state index in [1.807, 2.05) is 0 Å². The van der Waals surface area contributed by atoms with Gasteiger partial charge in [-0.25, -0.2) is 4.79 Å². The first-order chi connectivity index (χ1) is 20.4. The zero-order valence-electron chi connectivity index (χ0n) is 24.3. The predicted octanol–water partition coefficient (Wildman–Crippen LogP) is 1.15. The average molecular weight is 592 g/mol. The summed E-state index contributed by atoms with van der Waals surface area (Å²) in [4.78, 5) is 67.2. The second-order valence-corrected chi connectivity index (χ2v) is 10.3. The van der Waals surface area contributed by atoms with E-state index in [-0.39, 0.29) is 24.8 Å². The van der Waals surface area contributed by atoms with Crippen molar-refractivity contribution in [3.63, 3.8) is 0 Å². The number of fused-ring (bicyclic) bond motifs is 1. The van der Waals surface area contributed by atoms with Crippen LogP contribution in [0.3, 0.4) is 0 Å². The van der Waals surface area contributed by atoms with E-state index in [2.05, 4.69) is 26.3 Å². The van der Waals surface area contributed by atoms with Crippen molar-refractivity contribution in [2.75, 3.05) is 18.4 Å². The molecular weight excluding hydrogens is 554 g/mol. The lowest BCUT2D eigenvalue weighted by molar-refractivity contribution is -0.129. The fourth-order valence-electron chi connectivity index (χ4n) is 4.28. The molecule has 0 radical (unpaired) electrons. The Labute approximate surface area is 248 Å². The van der Waals surface area contributed by atoms with E-state index in [1.54, 1.807) is 63.2 Å². The molecule has 0 aliphatic heterocycles. The maximum Gasteiger partial charge on any atom is 0.336 e. The lowest BCUT2D eigenvalue weighted by atomic mass is 10.0. The zero-order valence-corrected chi connectivity index (χ0v) is 24.3. The number of nitrogens with one attached hydrogen (secondary N) is 4. The van der Waals surface area contributed by atoms with Gasteiger partial charge in [-0.2, -0.15) is 0 Å². The van der Waals surface area contributed by atoms with Crippen LogP contribution in [0.2, 0.25) is 0 Å². The number of benzene rings is 2. The van der Waals surface area contributed by atoms with E-state index in [0.717, 1.165) is 10.9 Å². The summed E-state index contributed by atoms with van der Waals surface area (Å²) in [6.45, 7) is 5.12. The van der Waals surface area contributed by atoms with Crippen molar-refractivity contribution in [1.82, 2.24) is 16.0 Å². The molecule has 3 rings (SSSR count). The van der Waals surface area contributed by atoms with Crippen LogP contribution in [0.25, 0.3) is 11.0 Å². The molecule has 0 spiro atoms. The molecule has 0 unspecified atom stereocenters. The third-order valence-electron chi connectivity index (χ3n) is 6.51. The van der Waals surface area contributed by atoms with Crippen molar-refractivity contribution in [1.29, 1.82) is 0 Å². The van der Waals surface area contributed by atoms with E-state index >= 15 is 0 Å². The van der Waals surface area contributed by atoms with E-state index in [0.29, 0.717) is 23.3 Å². The molecule has 13 nitrogen and oxygen atoms in total. The van der Waals surface area contributed by atoms with Gasteiger partial charge in [0.1, 0.15) is 17.7 Å². The molecule has 2 atom stereocenters. The topological polar surface area (TPSA) is 211 Å². The molecule has 0 fully saturated rings. The van der Waals surface area contributed by atoms with Crippen LogP contribution in [0.4, 0.5) is 5.69 Å². The number of aliphatic imine (C=N–C) groups is 1. The molecule has 3 aromatic rings. The van der Waals surface area contributed by atoms with Crippen molar-refractivity contribution in [2.45, 2.75) is 45.7 Å². The highest BCUT2D eigenvalue weighted by Crippen LogP contribution is 2.21. The summed E-state index contributed by atoms with van der Waals surface area (Å²) in [7, 11) is 0. The van der Waals surface area contributed by atoms with Crippen LogP contribution in [0, 0.1) is 12.8 Å². The van der Waals surface area contributed by atoms with Crippen molar-refractivity contribution < 1.29 is 23.6 Å². The van der Waals surface area contributed by atoms with Gasteiger partial charge in [-0.1, -0.05) is 32.0 Å². The van der Waals surface area contributed by atoms with Crippen LogP contribution in [-0.2, 0) is 14.4 Å². The molecule has 0 bridgehead atoms. The first kappa shape index (κ1) is 32.3. The van der Waals surface area contributed by atoms with Crippen LogP contribution < -0.4 is 38.4 Å². The van der Waals surface area contributed by atoms with Crippen molar-refractivity contribution in [3.05, 3.63) is 76.1 Å². The summed E-state index contributed by atoms with van der Waals surface area (Å²) in [6, 6.07) is 12.8. The number of rotatable bonds is 13. The number of amides is 4. The Kier molecular flexibility index (Phi) is 11.4. The predicted molar refractivity (Wildman–Crippen MR) is 163 cm³/mol. The SMILES string of the molecule is Cc1cc(=O)oc2cc(NC(=O)[C@@H](CCCN=C(N)N)NC(=O)CNC(=O)[C@H](NC(=O)c3ccccc3)C(C)C)ccc12. The van der Waals surface area contributed by atoms with Gasteiger partial charge in [0.2, 0.25) is 17.7 Å². The first-order valence-electron chi connectivity index (χ1n) is 13.8. The highest BCUT2D eigenvalue weighted by Gasteiger charge is 2.26. The molecule has 0 aliphatic carbocycles. The summed E-state index contributed by atoms with van der Waals surface area (Å²) in [5.41, 5.74) is 12.0. The molecule has 1 aromatic heterocycles. The van der Waals surface area contributed by atoms with Gasteiger partial charge >= 0.3 is 5.63 Å². The zero-order chi connectivity index (χ0) is 31.5. The number of hydrogen-bond acceptors (Lipinski definition) is 7. The van der Waals surface area contributed by atoms with E-state index in [9.17, 15) is 24.0 Å². The fraction of sp³-hybridized carbons (Fsp3) is 0.333. The second kappa shape index (κ2) is 15.1. The molecule has 1 heterocycles. The molecule has 8 N–H and O–H groups in total. The minimum Gasteiger partial charge on any atom is -0.423 e. The van der Waals surface area contributed by atoms with Gasteiger partial charge < -0.3 is 37.2 Å². The monoisotopic (exact) mass is 591 g/mol. The number of nitrogens with zero attached hydrogens (tertiary/aromatic N) is 1. The smallest absolute Gasteiger partial charge is 0.336 e. The highest BCUT2D eigenvalue weighted by molar-refractivity contribution is 6.00. The number of carbonyl (C=O) groups excluding carboxylic acids is 4. The number of hydrogen-bond donors (Lipinski definition) is 6. The first-order valence-corrected chi connectivity index (χ1v) is 13.8. The summed E-state index contributed by atoms with van der Waals surface area (Å²) < 4.78 is 5.25. The van der Waals surface area contributed by atoms with Crippen molar-refractivity contribution in [3.8, 4) is 0 Å². The Balaban J connectivity index is 1.65. The Morgan fingerprint density at radius 2 is 1.67 bits per heavy atom. The molecular formula is C30H37N7O6. The summed E-state index contributed by atoms with van der Waals surface area (Å²) in [6.07, 6.45) is 0.557. The van der Waals surface area contributed by atoms with Crippen LogP contribution in [0.5, 0.6) is 0 Å². The minimum atomic E-state index is -1.00. The Bertz CT molecular complexity index is 1550. The third kappa shape index (κ3) is 9.69. The highest BCUT2D eigenvalue weighted by atomic mass is 16.4. The van der Waals surface area contributed by atoms with Gasteiger partial charge in [-0.3, -0.25) is 24.2 Å². The van der Waals surface area contributed by atoms with E-state index < -0.39 is 47.9 Å². The molecule has 2 aromatic carbocycles. The quantitative estimate of drug-likeness (QED) is 0.0733. The summed E-state index contributed by atoms with van der Waals surface area (Å²) in [5.74, 6) is -2.48. The van der Waals surface area contributed by atoms with Crippen LogP contribution >= 0.6 is 0 Å². The van der Waals surface area contributed by atoms with Gasteiger partial charge in [0, 0.05) is 35.3 Å². The largest absolute Gasteiger partial charge is 0.423 e. The van der Waals surface area contributed by atoms with Crippen molar-refractivity contribution in [2.24, 2.45) is 22.4 Å². The minimum absolute atomic E-state index is 0.0974. The summed E-state index contributed by atoms with van der Waals surface area (Å²) >= 11 is 0. The standard InChI is InChI=1S/C30H37N7O6/c1-17(2)26(37-27(40)19-8-5-4-6-9-19)29(42)34-16-24(38)36-22(10-7-13-33-30(31)32)28(41)35-20-11-12-21-18(3)14-25(39)43-23(21)15-20/h4-6,8-9,11-12,14-15,17,22,26H,7,10,13,16H2,1-3H3,(H,34,42)(H,35,41)(H,36,38)(H,37,40)(H4,31,32,33)/t22-,26-/m1/s1. The summed E-state index contributed by atoms with van der Waals surface area (Å²) in [5, 5.41) is 11.3. The molecule has 4 amide bonds. The third-order valence-corrected chi connectivity index (χ3v) is 6.51. The maximum atomic E-state index is 13.2. The van der Waals surface area contributed by atoms with E-state index in [1.165, 1.54) is 12.1 Å². The van der Waals surface area contributed by atoms with Crippen LogP contribution in [0.15, 0.2) is 68.8 Å². The van der Waals surface area contributed by atoms with Gasteiger partial charge in [0.05, 0.1) is 6.54 Å². The second-order valence-electron chi connectivity index (χ2n) is 10.3. The lowest BCUT2D eigenvalue weighted by Gasteiger charge is -2.22. The lowest BCUT2D eigenvalue weighted by Crippen LogP contribution is -2.53. The van der Waals surface area contributed by atoms with Crippen LogP contribution in [-0.4, -0.2) is 54.8 Å². The van der Waals surface area contributed by atoms with Gasteiger partial charge in [0.25, 0.3) is 5.91 Å².